The van der Waals surface area contributed by atoms with Gasteiger partial charge in [0.05, 0.1) is 4.90 Å². The Bertz CT molecular complexity index is 1190. The van der Waals surface area contributed by atoms with E-state index in [1.54, 1.807) is 42.5 Å². The number of hydrogen-bond donors (Lipinski definition) is 0. The normalized spacial score (nSPS) is 27.4. The molecule has 4 nitrogen and oxygen atoms in total. The Morgan fingerprint density at radius 1 is 0.821 bits per heavy atom. The molecule has 3 aromatic rings. The van der Waals surface area contributed by atoms with E-state index in [0.29, 0.717) is 11.1 Å². The lowest BCUT2D eigenvalue weighted by Gasteiger charge is -2.30. The number of hydrogen-bond acceptors (Lipinski definition) is 4. The first-order valence-electron chi connectivity index (χ1n) is 8.82. The second-order valence-electron chi connectivity index (χ2n) is 7.00. The van der Waals surface area contributed by atoms with Crippen LogP contribution in [0.2, 0.25) is 0 Å². The maximum Gasteiger partial charge on any atom is 0.200 e. The first-order chi connectivity index (χ1) is 13.5. The van der Waals surface area contributed by atoms with E-state index in [-0.39, 0.29) is 16.2 Å². The summed E-state index contributed by atoms with van der Waals surface area (Å²) in [6.07, 6.45) is -0.756. The zero-order chi connectivity index (χ0) is 19.5. The van der Waals surface area contributed by atoms with Crippen LogP contribution < -0.4 is 0 Å². The lowest BCUT2D eigenvalue weighted by molar-refractivity contribution is 0.0856. The van der Waals surface area contributed by atoms with Crippen LogP contribution in [0.15, 0.2) is 83.8 Å². The van der Waals surface area contributed by atoms with Gasteiger partial charge < -0.3 is 4.74 Å². The van der Waals surface area contributed by atoms with Crippen molar-refractivity contribution in [3.8, 4) is 0 Å². The molecule has 3 atom stereocenters. The van der Waals surface area contributed by atoms with Gasteiger partial charge in [0.25, 0.3) is 0 Å². The number of fused-ring (bicyclic) bond motifs is 1. The minimum atomic E-state index is -3.88. The van der Waals surface area contributed by atoms with Crippen LogP contribution in [0.4, 0.5) is 4.39 Å². The van der Waals surface area contributed by atoms with E-state index in [1.165, 1.54) is 36.4 Å². The number of ketones is 1. The van der Waals surface area contributed by atoms with Crippen LogP contribution in [0.5, 0.6) is 0 Å². The molecule has 0 N–H and O–H groups in total. The van der Waals surface area contributed by atoms with Gasteiger partial charge in [0.15, 0.2) is 15.4 Å². The molecule has 5 rings (SSSR count). The molecule has 2 heterocycles. The van der Waals surface area contributed by atoms with Crippen LogP contribution in [0.1, 0.15) is 32.8 Å². The molecule has 0 aromatic heterocycles. The third-order valence-electron chi connectivity index (χ3n) is 5.41. The molecule has 0 aliphatic carbocycles. The van der Waals surface area contributed by atoms with E-state index in [1.807, 2.05) is 0 Å². The molecule has 0 saturated carbocycles. The second kappa shape index (κ2) is 5.83. The zero-order valence-corrected chi connectivity index (χ0v) is 15.4. The highest BCUT2D eigenvalue weighted by atomic mass is 32.2. The fourth-order valence-electron chi connectivity index (χ4n) is 4.13. The monoisotopic (exact) mass is 394 g/mol. The lowest BCUT2D eigenvalue weighted by atomic mass is 9.85. The maximum atomic E-state index is 13.5. The lowest BCUT2D eigenvalue weighted by Crippen LogP contribution is -2.42. The summed E-state index contributed by atoms with van der Waals surface area (Å²) in [5.41, 5.74) is -0.341. The van der Waals surface area contributed by atoms with Crippen LogP contribution in [0, 0.1) is 5.82 Å². The van der Waals surface area contributed by atoms with Gasteiger partial charge in [-0.15, -0.1) is 0 Å². The van der Waals surface area contributed by atoms with Crippen molar-refractivity contribution >= 4 is 15.6 Å². The Labute approximate surface area is 161 Å². The summed E-state index contributed by atoms with van der Waals surface area (Å²) in [6.45, 7) is 0. The van der Waals surface area contributed by atoms with E-state index in [0.717, 1.165) is 0 Å². The zero-order valence-electron chi connectivity index (χ0n) is 14.6. The fraction of sp³-hybridized carbons (Fsp3) is 0.136. The van der Waals surface area contributed by atoms with Crippen molar-refractivity contribution in [1.29, 1.82) is 0 Å². The van der Waals surface area contributed by atoms with Crippen LogP contribution in [0.3, 0.4) is 0 Å². The van der Waals surface area contributed by atoms with Crippen molar-refractivity contribution in [1.82, 2.24) is 0 Å². The molecule has 0 unspecified atom stereocenters. The number of carbonyl (C=O) groups excluding carboxylic acids is 1. The minimum absolute atomic E-state index is 0.0211. The first kappa shape index (κ1) is 17.3. The highest BCUT2D eigenvalue weighted by Gasteiger charge is 2.73. The van der Waals surface area contributed by atoms with Crippen molar-refractivity contribution in [2.75, 3.05) is 0 Å². The Morgan fingerprint density at radius 3 is 2.18 bits per heavy atom. The van der Waals surface area contributed by atoms with Gasteiger partial charge in [0.1, 0.15) is 17.2 Å². The number of Topliss-reactive ketones (excluding diaryl/α,β-unsaturated/α-hetero) is 1. The summed E-state index contributed by atoms with van der Waals surface area (Å²) in [4.78, 5) is 13.5. The standard InChI is InChI=1S/C22H15FO4S/c23-16-12-10-14(11-13-16)20-22(27-20)19(24)17-8-4-5-9-18(17)28(25,26)21(22)15-6-2-1-3-7-15/h1-13,20-21H/t20-,21-,22-/m0/s1. The number of carbonyl (C=O) groups is 1. The van der Waals surface area contributed by atoms with Crippen molar-refractivity contribution in [2.24, 2.45) is 0 Å². The molecular formula is C22H15FO4S. The van der Waals surface area contributed by atoms with E-state index >= 15 is 0 Å². The van der Waals surface area contributed by atoms with Gasteiger partial charge in [-0.3, -0.25) is 4.79 Å². The van der Waals surface area contributed by atoms with E-state index in [2.05, 4.69) is 0 Å². The largest absolute Gasteiger partial charge is 0.350 e. The summed E-state index contributed by atoms with van der Waals surface area (Å²) in [7, 11) is -3.88. The molecule has 0 amide bonds. The predicted octanol–water partition coefficient (Wildman–Crippen LogP) is 4.05. The quantitative estimate of drug-likeness (QED) is 0.615. The molecule has 0 radical (unpaired) electrons. The summed E-state index contributed by atoms with van der Waals surface area (Å²) in [5.74, 6) is -0.771. The second-order valence-corrected chi connectivity index (χ2v) is 9.00. The average Bonchev–Trinajstić information content (AvgIpc) is 3.43. The molecule has 28 heavy (non-hydrogen) atoms. The summed E-state index contributed by atoms with van der Waals surface area (Å²) in [5, 5.41) is -1.17. The Hall–Kier alpha value is -2.83. The van der Waals surface area contributed by atoms with Crippen molar-refractivity contribution in [2.45, 2.75) is 21.9 Å². The number of rotatable bonds is 2. The highest BCUT2D eigenvalue weighted by molar-refractivity contribution is 7.92. The van der Waals surface area contributed by atoms with Crippen LogP contribution in [-0.4, -0.2) is 19.8 Å². The van der Waals surface area contributed by atoms with Crippen molar-refractivity contribution in [3.63, 3.8) is 0 Å². The summed E-state index contributed by atoms with van der Waals surface area (Å²) >= 11 is 0. The van der Waals surface area contributed by atoms with Crippen molar-refractivity contribution < 1.29 is 22.3 Å². The van der Waals surface area contributed by atoms with Crippen LogP contribution in [-0.2, 0) is 14.6 Å². The highest BCUT2D eigenvalue weighted by Crippen LogP contribution is 2.63. The van der Waals surface area contributed by atoms with Crippen LogP contribution >= 0.6 is 0 Å². The Balaban J connectivity index is 1.75. The maximum absolute atomic E-state index is 13.5. The van der Waals surface area contributed by atoms with Gasteiger partial charge in [0, 0.05) is 5.56 Å². The molecule has 1 spiro atoms. The van der Waals surface area contributed by atoms with Gasteiger partial charge in [-0.1, -0.05) is 54.6 Å². The van der Waals surface area contributed by atoms with E-state index in [9.17, 15) is 17.6 Å². The van der Waals surface area contributed by atoms with Gasteiger partial charge in [-0.25, -0.2) is 12.8 Å². The molecule has 3 aromatic carbocycles. The molecule has 1 fully saturated rings. The molecule has 6 heteroatoms. The number of sulfone groups is 1. The molecule has 140 valence electrons. The fourth-order valence-corrected chi connectivity index (χ4v) is 6.38. The number of epoxide rings is 1. The molecule has 2 aliphatic heterocycles. The van der Waals surface area contributed by atoms with E-state index in [4.69, 9.17) is 4.74 Å². The van der Waals surface area contributed by atoms with Gasteiger partial charge in [-0.05, 0) is 35.4 Å². The van der Waals surface area contributed by atoms with E-state index < -0.39 is 32.6 Å². The smallest absolute Gasteiger partial charge is 0.200 e. The SMILES string of the molecule is O=C1c2ccccc2S(=O)(=O)[C@@H](c2ccccc2)[C@]12O[C@H]2c1ccc(F)cc1. The molecule has 0 bridgehead atoms. The summed E-state index contributed by atoms with van der Waals surface area (Å²) < 4.78 is 46.3. The Kier molecular flexibility index (Phi) is 3.60. The van der Waals surface area contributed by atoms with Crippen molar-refractivity contribution in [3.05, 3.63) is 101 Å². The first-order valence-corrected chi connectivity index (χ1v) is 10.4. The molecule has 1 saturated heterocycles. The third-order valence-corrected chi connectivity index (χ3v) is 7.63. The summed E-state index contributed by atoms with van der Waals surface area (Å²) in [6, 6.07) is 20.5. The molecule has 2 aliphatic rings. The number of ether oxygens (including phenoxy) is 1. The average molecular weight is 394 g/mol. The predicted molar refractivity (Wildman–Crippen MR) is 100 cm³/mol. The number of benzene rings is 3. The van der Waals surface area contributed by atoms with Gasteiger partial charge >= 0.3 is 0 Å². The topological polar surface area (TPSA) is 63.7 Å². The molecular weight excluding hydrogens is 379 g/mol. The van der Waals surface area contributed by atoms with Crippen LogP contribution in [0.25, 0.3) is 0 Å². The third kappa shape index (κ3) is 2.25. The number of halogens is 1. The van der Waals surface area contributed by atoms with Gasteiger partial charge in [0.2, 0.25) is 5.78 Å². The minimum Gasteiger partial charge on any atom is -0.350 e. The van der Waals surface area contributed by atoms with Gasteiger partial charge in [-0.2, -0.15) is 0 Å². The Morgan fingerprint density at radius 2 is 1.46 bits per heavy atom.